The molecule has 0 aliphatic heterocycles. The van der Waals surface area contributed by atoms with Gasteiger partial charge in [0, 0.05) is 25.1 Å². The van der Waals surface area contributed by atoms with Gasteiger partial charge in [0.1, 0.15) is 6.33 Å². The average Bonchev–Trinajstić information content (AvgIpc) is 2.41. The van der Waals surface area contributed by atoms with Crippen LogP contribution in [0.25, 0.3) is 0 Å². The van der Waals surface area contributed by atoms with Crippen LogP contribution in [0, 0.1) is 0 Å². The van der Waals surface area contributed by atoms with Gasteiger partial charge in [0.2, 0.25) is 0 Å². The molecule has 0 aliphatic rings. The highest BCUT2D eigenvalue weighted by atomic mass is 16.1. The number of aromatic nitrogens is 4. The zero-order valence-electron chi connectivity index (χ0n) is 10.2. The van der Waals surface area contributed by atoms with Gasteiger partial charge in [-0.25, -0.2) is 15.0 Å². The van der Waals surface area contributed by atoms with E-state index in [0.717, 1.165) is 12.1 Å². The Kier molecular flexibility index (Phi) is 4.01. The first-order chi connectivity index (χ1) is 8.81. The van der Waals surface area contributed by atoms with Crippen LogP contribution in [0.2, 0.25) is 0 Å². The summed E-state index contributed by atoms with van der Waals surface area (Å²) in [5, 5.41) is 2.99. The van der Waals surface area contributed by atoms with Gasteiger partial charge in [-0.15, -0.1) is 0 Å². The lowest BCUT2D eigenvalue weighted by Crippen LogP contribution is -2.24. The standard InChI is InChI=1S/C12H15N5O/c1-2-6-17-7-5-14-11(12(17)18)15-8-10-3-4-13-9-16-10/h3-5,7,9H,2,6,8H2,1H3,(H,14,15). The normalized spacial score (nSPS) is 10.3. The van der Waals surface area contributed by atoms with Crippen LogP contribution in [0.5, 0.6) is 0 Å². The Balaban J connectivity index is 2.10. The third-order valence-electron chi connectivity index (χ3n) is 2.46. The molecule has 2 aromatic heterocycles. The van der Waals surface area contributed by atoms with Crippen molar-refractivity contribution in [2.75, 3.05) is 5.32 Å². The molecule has 2 rings (SSSR count). The van der Waals surface area contributed by atoms with E-state index in [2.05, 4.69) is 20.3 Å². The maximum atomic E-state index is 12.0. The van der Waals surface area contributed by atoms with Gasteiger partial charge in [-0.3, -0.25) is 4.79 Å². The predicted octanol–water partition coefficient (Wildman–Crippen LogP) is 1.06. The lowest BCUT2D eigenvalue weighted by molar-refractivity contribution is 0.649. The van der Waals surface area contributed by atoms with E-state index in [4.69, 9.17) is 0 Å². The smallest absolute Gasteiger partial charge is 0.293 e. The molecule has 0 radical (unpaired) electrons. The minimum Gasteiger partial charge on any atom is -0.360 e. The van der Waals surface area contributed by atoms with Gasteiger partial charge in [0.05, 0.1) is 12.2 Å². The maximum absolute atomic E-state index is 12.0. The van der Waals surface area contributed by atoms with Crippen LogP contribution in [-0.2, 0) is 13.1 Å². The zero-order chi connectivity index (χ0) is 12.8. The molecule has 0 amide bonds. The molecule has 0 aromatic carbocycles. The summed E-state index contributed by atoms with van der Waals surface area (Å²) in [7, 11) is 0. The fourth-order valence-electron chi connectivity index (χ4n) is 1.58. The molecule has 18 heavy (non-hydrogen) atoms. The van der Waals surface area contributed by atoms with Gasteiger partial charge >= 0.3 is 0 Å². The topological polar surface area (TPSA) is 72.7 Å². The van der Waals surface area contributed by atoms with Crippen molar-refractivity contribution in [3.63, 3.8) is 0 Å². The van der Waals surface area contributed by atoms with Crippen molar-refractivity contribution in [1.82, 2.24) is 19.5 Å². The molecular weight excluding hydrogens is 230 g/mol. The first kappa shape index (κ1) is 12.2. The minimum absolute atomic E-state index is 0.103. The highest BCUT2D eigenvalue weighted by molar-refractivity contribution is 5.31. The molecule has 0 atom stereocenters. The SMILES string of the molecule is CCCn1ccnc(NCc2ccncn2)c1=O. The second-order valence-corrected chi connectivity index (χ2v) is 3.83. The van der Waals surface area contributed by atoms with Crippen molar-refractivity contribution in [3.05, 3.63) is 47.0 Å². The van der Waals surface area contributed by atoms with Crippen molar-refractivity contribution < 1.29 is 0 Å². The van der Waals surface area contributed by atoms with Crippen LogP contribution in [0.3, 0.4) is 0 Å². The Labute approximate surface area is 105 Å². The van der Waals surface area contributed by atoms with Gasteiger partial charge in [-0.05, 0) is 12.5 Å². The third-order valence-corrected chi connectivity index (χ3v) is 2.46. The van der Waals surface area contributed by atoms with Crippen LogP contribution in [-0.4, -0.2) is 19.5 Å². The summed E-state index contributed by atoms with van der Waals surface area (Å²) >= 11 is 0. The lowest BCUT2D eigenvalue weighted by Gasteiger charge is -2.07. The second-order valence-electron chi connectivity index (χ2n) is 3.83. The van der Waals surface area contributed by atoms with Crippen molar-refractivity contribution in [1.29, 1.82) is 0 Å². The first-order valence-corrected chi connectivity index (χ1v) is 5.85. The van der Waals surface area contributed by atoms with E-state index in [9.17, 15) is 4.79 Å². The largest absolute Gasteiger partial charge is 0.360 e. The molecule has 6 nitrogen and oxygen atoms in total. The van der Waals surface area contributed by atoms with Gasteiger partial charge in [0.15, 0.2) is 5.82 Å². The Bertz CT molecular complexity index is 552. The molecule has 2 aromatic rings. The number of anilines is 1. The zero-order valence-corrected chi connectivity index (χ0v) is 10.2. The second kappa shape index (κ2) is 5.90. The third kappa shape index (κ3) is 2.91. The van der Waals surface area contributed by atoms with Crippen LogP contribution in [0.1, 0.15) is 19.0 Å². The van der Waals surface area contributed by atoms with E-state index in [1.165, 1.54) is 6.33 Å². The molecule has 1 N–H and O–H groups in total. The van der Waals surface area contributed by atoms with Gasteiger partial charge < -0.3 is 9.88 Å². The Morgan fingerprint density at radius 1 is 1.33 bits per heavy atom. The molecule has 2 heterocycles. The molecule has 0 aliphatic carbocycles. The summed E-state index contributed by atoms with van der Waals surface area (Å²) < 4.78 is 1.65. The highest BCUT2D eigenvalue weighted by Crippen LogP contribution is 1.98. The molecule has 0 spiro atoms. The van der Waals surface area contributed by atoms with Gasteiger partial charge in [0.25, 0.3) is 5.56 Å². The number of nitrogens with zero attached hydrogens (tertiary/aromatic N) is 4. The molecular formula is C12H15N5O. The number of rotatable bonds is 5. The number of hydrogen-bond donors (Lipinski definition) is 1. The van der Waals surface area contributed by atoms with E-state index in [0.29, 0.717) is 18.9 Å². The Morgan fingerprint density at radius 2 is 2.22 bits per heavy atom. The fourth-order valence-corrected chi connectivity index (χ4v) is 1.58. The highest BCUT2D eigenvalue weighted by Gasteiger charge is 2.03. The van der Waals surface area contributed by atoms with E-state index < -0.39 is 0 Å². The maximum Gasteiger partial charge on any atom is 0.293 e. The summed E-state index contributed by atoms with van der Waals surface area (Å²) in [5.74, 6) is 0.351. The lowest BCUT2D eigenvalue weighted by atomic mass is 10.4. The molecule has 0 bridgehead atoms. The summed E-state index contributed by atoms with van der Waals surface area (Å²) in [6.45, 7) is 3.19. The first-order valence-electron chi connectivity index (χ1n) is 5.85. The number of nitrogens with one attached hydrogen (secondary N) is 1. The Morgan fingerprint density at radius 3 is 2.94 bits per heavy atom. The summed E-state index contributed by atoms with van der Waals surface area (Å²) in [5.41, 5.74) is 0.713. The van der Waals surface area contributed by atoms with E-state index in [1.807, 2.05) is 6.92 Å². The molecule has 0 unspecified atom stereocenters. The molecule has 6 heteroatoms. The summed E-state index contributed by atoms with van der Waals surface area (Å²) in [6.07, 6.45) is 7.37. The van der Waals surface area contributed by atoms with Crippen molar-refractivity contribution >= 4 is 5.82 Å². The fraction of sp³-hybridized carbons (Fsp3) is 0.333. The average molecular weight is 245 g/mol. The molecule has 0 fully saturated rings. The van der Waals surface area contributed by atoms with Crippen LogP contribution in [0.4, 0.5) is 5.82 Å². The quantitative estimate of drug-likeness (QED) is 0.852. The molecule has 94 valence electrons. The van der Waals surface area contributed by atoms with E-state index in [1.54, 1.807) is 29.2 Å². The molecule has 0 saturated carbocycles. The number of hydrogen-bond acceptors (Lipinski definition) is 5. The minimum atomic E-state index is -0.103. The van der Waals surface area contributed by atoms with Gasteiger partial charge in [-0.2, -0.15) is 0 Å². The summed E-state index contributed by atoms with van der Waals surface area (Å²) in [4.78, 5) is 23.9. The van der Waals surface area contributed by atoms with Crippen LogP contribution < -0.4 is 10.9 Å². The number of aryl methyl sites for hydroxylation is 1. The van der Waals surface area contributed by atoms with Crippen molar-refractivity contribution in [3.8, 4) is 0 Å². The van der Waals surface area contributed by atoms with Crippen LogP contribution in [0.15, 0.2) is 35.8 Å². The predicted molar refractivity (Wildman–Crippen MR) is 68.1 cm³/mol. The molecule has 0 saturated heterocycles. The van der Waals surface area contributed by atoms with Crippen molar-refractivity contribution in [2.24, 2.45) is 0 Å². The van der Waals surface area contributed by atoms with E-state index >= 15 is 0 Å². The van der Waals surface area contributed by atoms with Gasteiger partial charge in [-0.1, -0.05) is 6.92 Å². The Hall–Kier alpha value is -2.24. The monoisotopic (exact) mass is 245 g/mol. The summed E-state index contributed by atoms with van der Waals surface area (Å²) in [6, 6.07) is 1.79. The van der Waals surface area contributed by atoms with E-state index in [-0.39, 0.29) is 5.56 Å². The van der Waals surface area contributed by atoms with Crippen molar-refractivity contribution in [2.45, 2.75) is 26.4 Å². The van der Waals surface area contributed by atoms with Crippen LogP contribution >= 0.6 is 0 Å².